The number of hydrogen-bond acceptors (Lipinski definition) is 8. The molecule has 0 rings (SSSR count). The zero-order valence-corrected chi connectivity index (χ0v) is 56.7. The molecule has 490 valence electrons. The fourth-order valence-corrected chi connectivity index (χ4v) is 11.0. The van der Waals surface area contributed by atoms with Gasteiger partial charge in [0.25, 0.3) is 7.82 Å². The molecule has 0 aliphatic rings. The zero-order valence-electron chi connectivity index (χ0n) is 55.8. The molecule has 0 saturated heterocycles. The molecule has 84 heavy (non-hydrogen) atoms. The van der Waals surface area contributed by atoms with Gasteiger partial charge in [0.2, 0.25) is 0 Å². The van der Waals surface area contributed by atoms with Gasteiger partial charge >= 0.3 is 11.9 Å². The van der Waals surface area contributed by atoms with Gasteiger partial charge in [0.1, 0.15) is 19.8 Å². The monoisotopic (exact) mass is 1200 g/mol. The van der Waals surface area contributed by atoms with Crippen molar-refractivity contribution in [1.29, 1.82) is 0 Å². The number of nitrogens with zero attached hydrogens (tertiary/aromatic N) is 1. The second kappa shape index (κ2) is 64.9. The first-order valence-corrected chi connectivity index (χ1v) is 37.1. The fraction of sp³-hybridized carbons (Fsp3) is 0.811. The number of carbonyl (C=O) groups is 2. The first kappa shape index (κ1) is 81.5. The van der Waals surface area contributed by atoms with Crippen LogP contribution in [0.1, 0.15) is 335 Å². The molecule has 0 aromatic rings. The van der Waals surface area contributed by atoms with E-state index in [9.17, 15) is 19.0 Å². The number of phosphoric acid groups is 1. The van der Waals surface area contributed by atoms with Crippen molar-refractivity contribution in [3.05, 3.63) is 72.9 Å². The van der Waals surface area contributed by atoms with Gasteiger partial charge in [0, 0.05) is 12.8 Å². The van der Waals surface area contributed by atoms with Crippen molar-refractivity contribution in [3.8, 4) is 0 Å². The van der Waals surface area contributed by atoms with E-state index >= 15 is 0 Å². The van der Waals surface area contributed by atoms with Crippen molar-refractivity contribution in [2.45, 2.75) is 341 Å². The normalized spacial score (nSPS) is 13.5. The molecule has 0 amide bonds. The minimum atomic E-state index is -4.64. The minimum absolute atomic E-state index is 0.0304. The summed E-state index contributed by atoms with van der Waals surface area (Å²) < 4.78 is 34.3. The van der Waals surface area contributed by atoms with Gasteiger partial charge in [-0.05, 0) is 83.5 Å². The van der Waals surface area contributed by atoms with E-state index in [1.807, 2.05) is 21.1 Å². The highest BCUT2D eigenvalue weighted by molar-refractivity contribution is 7.45. The Morgan fingerprint density at radius 2 is 0.679 bits per heavy atom. The van der Waals surface area contributed by atoms with Crippen LogP contribution in [0.2, 0.25) is 0 Å². The number of phosphoric ester groups is 1. The highest BCUT2D eigenvalue weighted by Gasteiger charge is 2.22. The number of quaternary nitrogens is 1. The number of hydrogen-bond donors (Lipinski definition) is 0. The molecule has 2 unspecified atom stereocenters. The Labute approximate surface area is 520 Å². The molecule has 2 atom stereocenters. The van der Waals surface area contributed by atoms with Gasteiger partial charge in [0.05, 0.1) is 27.7 Å². The van der Waals surface area contributed by atoms with E-state index in [1.165, 1.54) is 231 Å². The van der Waals surface area contributed by atoms with Crippen molar-refractivity contribution in [2.24, 2.45) is 0 Å². The van der Waals surface area contributed by atoms with Crippen LogP contribution < -0.4 is 4.89 Å². The molecule has 0 radical (unpaired) electrons. The van der Waals surface area contributed by atoms with Gasteiger partial charge < -0.3 is 27.9 Å². The summed E-state index contributed by atoms with van der Waals surface area (Å²) in [5, 5.41) is 0. The third-order valence-electron chi connectivity index (χ3n) is 15.7. The number of unbranched alkanes of at least 4 members (excludes halogenated alkanes) is 40. The van der Waals surface area contributed by atoms with Gasteiger partial charge in [0.15, 0.2) is 6.10 Å². The highest BCUT2D eigenvalue weighted by Crippen LogP contribution is 2.38. The first-order chi connectivity index (χ1) is 41.0. The standard InChI is InChI=1S/C74H136NO8P/c1-6-8-10-12-14-16-18-20-22-24-26-28-30-32-34-36-37-39-41-43-45-47-49-51-53-55-57-59-61-63-65-67-74(77)83-72(71-82-84(78,79)81-69-68-75(3,4)5)70-80-73(76)66-64-62-60-58-56-54-52-50-48-46-44-42-40-38-35-33-31-29-27-25-23-21-19-17-15-13-11-9-7-2/h8,10,14,16,19-22,25-28,72H,6-7,9,11-13,15,17-18,23-24,29-71H2,1-5H3/b10-8-,16-14-,21-19-,22-20-,27-25-,28-26-. The van der Waals surface area contributed by atoms with Crippen LogP contribution in [-0.2, 0) is 32.7 Å². The van der Waals surface area contributed by atoms with E-state index in [4.69, 9.17) is 18.5 Å². The van der Waals surface area contributed by atoms with Gasteiger partial charge in [-0.1, -0.05) is 311 Å². The molecular formula is C74H136NO8P. The zero-order chi connectivity index (χ0) is 61.2. The Hall–Kier alpha value is -2.55. The maximum absolute atomic E-state index is 12.9. The van der Waals surface area contributed by atoms with E-state index in [0.717, 1.165) is 70.6 Å². The molecule has 0 spiro atoms. The molecule has 0 aliphatic carbocycles. The van der Waals surface area contributed by atoms with Crippen LogP contribution in [0.4, 0.5) is 0 Å². The molecule has 0 aromatic carbocycles. The van der Waals surface area contributed by atoms with Gasteiger partial charge in [-0.2, -0.15) is 0 Å². The maximum Gasteiger partial charge on any atom is 0.306 e. The molecule has 9 nitrogen and oxygen atoms in total. The molecule has 0 aromatic heterocycles. The van der Waals surface area contributed by atoms with Crippen molar-refractivity contribution in [2.75, 3.05) is 47.5 Å². The van der Waals surface area contributed by atoms with Crippen molar-refractivity contribution < 1.29 is 42.1 Å². The molecule has 0 bridgehead atoms. The lowest BCUT2D eigenvalue weighted by Gasteiger charge is -2.28. The van der Waals surface area contributed by atoms with Crippen LogP contribution >= 0.6 is 7.82 Å². The van der Waals surface area contributed by atoms with Crippen molar-refractivity contribution >= 4 is 19.8 Å². The van der Waals surface area contributed by atoms with E-state index in [0.29, 0.717) is 17.4 Å². The smallest absolute Gasteiger partial charge is 0.306 e. The number of esters is 2. The Morgan fingerprint density at radius 1 is 0.381 bits per heavy atom. The number of allylic oxidation sites excluding steroid dienone is 12. The Morgan fingerprint density at radius 3 is 1.01 bits per heavy atom. The van der Waals surface area contributed by atoms with Gasteiger partial charge in [-0.25, -0.2) is 0 Å². The van der Waals surface area contributed by atoms with Crippen LogP contribution in [0.25, 0.3) is 0 Å². The number of ether oxygens (including phenoxy) is 2. The molecular weight excluding hydrogens is 1060 g/mol. The second-order valence-corrected chi connectivity index (χ2v) is 26.6. The predicted octanol–water partition coefficient (Wildman–Crippen LogP) is 22.5. The van der Waals surface area contributed by atoms with Crippen LogP contribution in [0.5, 0.6) is 0 Å². The molecule has 0 heterocycles. The van der Waals surface area contributed by atoms with Crippen LogP contribution in [0, 0.1) is 0 Å². The van der Waals surface area contributed by atoms with E-state index < -0.39 is 26.5 Å². The lowest BCUT2D eigenvalue weighted by molar-refractivity contribution is -0.870. The largest absolute Gasteiger partial charge is 0.756 e. The molecule has 0 aliphatic heterocycles. The number of carbonyl (C=O) groups excluding carboxylic acids is 2. The van der Waals surface area contributed by atoms with Crippen LogP contribution in [0.15, 0.2) is 72.9 Å². The third kappa shape index (κ3) is 68.6. The summed E-state index contributed by atoms with van der Waals surface area (Å²) >= 11 is 0. The maximum atomic E-state index is 12.9. The van der Waals surface area contributed by atoms with E-state index in [1.54, 1.807) is 0 Å². The van der Waals surface area contributed by atoms with Gasteiger partial charge in [-0.15, -0.1) is 0 Å². The summed E-state index contributed by atoms with van der Waals surface area (Å²) in [5.41, 5.74) is 0. The summed E-state index contributed by atoms with van der Waals surface area (Å²) in [5.74, 6) is -0.818. The van der Waals surface area contributed by atoms with Crippen molar-refractivity contribution in [1.82, 2.24) is 0 Å². The van der Waals surface area contributed by atoms with Crippen molar-refractivity contribution in [3.63, 3.8) is 0 Å². The molecule has 0 saturated carbocycles. The molecule has 10 heteroatoms. The quantitative estimate of drug-likeness (QED) is 0.0195. The number of rotatable bonds is 66. The first-order valence-electron chi connectivity index (χ1n) is 35.6. The second-order valence-electron chi connectivity index (χ2n) is 25.2. The third-order valence-corrected chi connectivity index (χ3v) is 16.7. The average Bonchev–Trinajstić information content (AvgIpc) is 3.61. The minimum Gasteiger partial charge on any atom is -0.756 e. The predicted molar refractivity (Wildman–Crippen MR) is 360 cm³/mol. The van der Waals surface area contributed by atoms with E-state index in [2.05, 4.69) is 86.8 Å². The van der Waals surface area contributed by atoms with Gasteiger partial charge in [-0.3, -0.25) is 14.2 Å². The SMILES string of the molecule is CC/C=C\C/C=C\C/C=C\C/C=C\CCCCCCCCCCCCCCCCCCCCC(=O)OC(COC(=O)CCCCCCCCCCCCCCCCCCC/C=C\C/C=C\CCCCCCC)COP(=O)([O-])OCC[N+](C)(C)C. The lowest BCUT2D eigenvalue weighted by atomic mass is 10.0. The number of likely N-dealkylation sites (N-methyl/N-ethyl adjacent to an activating group) is 1. The molecule has 0 N–H and O–H groups in total. The summed E-state index contributed by atoms with van der Waals surface area (Å²) in [6.07, 6.45) is 87.0. The Balaban J connectivity index is 4.00. The van der Waals surface area contributed by atoms with Crippen LogP contribution in [0.3, 0.4) is 0 Å². The average molecular weight is 1200 g/mol. The highest BCUT2D eigenvalue weighted by atomic mass is 31.2. The summed E-state index contributed by atoms with van der Waals surface area (Å²) in [6, 6.07) is 0. The Bertz CT molecular complexity index is 1650. The topological polar surface area (TPSA) is 111 Å². The molecule has 0 fully saturated rings. The van der Waals surface area contributed by atoms with E-state index in [-0.39, 0.29) is 32.0 Å². The summed E-state index contributed by atoms with van der Waals surface area (Å²) in [7, 11) is 1.18. The van der Waals surface area contributed by atoms with Crippen LogP contribution in [-0.4, -0.2) is 70.0 Å². The summed E-state index contributed by atoms with van der Waals surface area (Å²) in [4.78, 5) is 38.1. The Kier molecular flexibility index (Phi) is 62.9. The lowest BCUT2D eigenvalue weighted by Crippen LogP contribution is -2.37. The fourth-order valence-electron chi connectivity index (χ4n) is 10.3. The summed E-state index contributed by atoms with van der Waals surface area (Å²) in [6.45, 7) is 4.17.